The molecule has 3 rings (SSSR count). The Morgan fingerprint density at radius 2 is 1.80 bits per heavy atom. The van der Waals surface area contributed by atoms with Gasteiger partial charge in [-0.05, 0) is 43.4 Å². The molecule has 1 amide bonds. The summed E-state index contributed by atoms with van der Waals surface area (Å²) >= 11 is 4.89. The van der Waals surface area contributed by atoms with E-state index in [9.17, 15) is 13.2 Å². The Balaban J connectivity index is 2.06. The van der Waals surface area contributed by atoms with E-state index in [0.29, 0.717) is 18.2 Å². The highest BCUT2D eigenvalue weighted by molar-refractivity contribution is 9.10. The maximum absolute atomic E-state index is 13.5. The number of carbonyl (C=O) groups is 1. The van der Waals surface area contributed by atoms with Crippen molar-refractivity contribution >= 4 is 58.4 Å². The highest BCUT2D eigenvalue weighted by atomic mass is 79.9. The first-order chi connectivity index (χ1) is 14.2. The molecule has 0 unspecified atom stereocenters. The van der Waals surface area contributed by atoms with Crippen molar-refractivity contribution in [3.05, 3.63) is 52.5 Å². The van der Waals surface area contributed by atoms with Gasteiger partial charge in [-0.3, -0.25) is 9.69 Å². The minimum absolute atomic E-state index is 0.0340. The number of anilines is 1. The summed E-state index contributed by atoms with van der Waals surface area (Å²) in [5.41, 5.74) is 0.968. The average molecular weight is 510 g/mol. The van der Waals surface area contributed by atoms with Gasteiger partial charge < -0.3 is 4.90 Å². The van der Waals surface area contributed by atoms with Gasteiger partial charge in [-0.25, -0.2) is 13.4 Å². The van der Waals surface area contributed by atoms with Crippen LogP contribution in [0.2, 0.25) is 0 Å². The number of thiazole rings is 1. The monoisotopic (exact) mass is 509 g/mol. The number of fused-ring (bicyclic) bond motifs is 1. The van der Waals surface area contributed by atoms with E-state index in [1.165, 1.54) is 17.4 Å². The first-order valence-electron chi connectivity index (χ1n) is 9.64. The standard InChI is InChI=1S/C21H24BrN3O3S2/c1-4-24(5-2)12-13-25(21-23-17-11-10-15(22)14-18(17)29-21)20(26)16-8-6-7-9-19(16)30(3,27)28/h6-11,14H,4-5,12-13H2,1-3H3. The number of hydrogen-bond donors (Lipinski definition) is 0. The first-order valence-corrected chi connectivity index (χ1v) is 13.1. The summed E-state index contributed by atoms with van der Waals surface area (Å²) in [5, 5.41) is 0.559. The van der Waals surface area contributed by atoms with E-state index >= 15 is 0 Å². The van der Waals surface area contributed by atoms with Gasteiger partial charge in [0.25, 0.3) is 5.91 Å². The van der Waals surface area contributed by atoms with Gasteiger partial charge in [0, 0.05) is 23.8 Å². The van der Waals surface area contributed by atoms with Gasteiger partial charge in [0.05, 0.1) is 20.7 Å². The largest absolute Gasteiger partial charge is 0.302 e. The molecule has 6 nitrogen and oxygen atoms in total. The molecule has 3 aromatic rings. The first kappa shape index (κ1) is 22.9. The van der Waals surface area contributed by atoms with Crippen molar-refractivity contribution in [2.45, 2.75) is 18.7 Å². The van der Waals surface area contributed by atoms with Crippen LogP contribution in [0, 0.1) is 0 Å². The Kier molecular flexibility index (Phi) is 7.28. The molecular weight excluding hydrogens is 486 g/mol. The molecule has 1 heterocycles. The topological polar surface area (TPSA) is 70.6 Å². The van der Waals surface area contributed by atoms with Gasteiger partial charge in [-0.2, -0.15) is 0 Å². The predicted octanol–water partition coefficient (Wildman–Crippen LogP) is 4.45. The van der Waals surface area contributed by atoms with Gasteiger partial charge in [-0.15, -0.1) is 0 Å². The maximum Gasteiger partial charge on any atom is 0.261 e. The Bertz CT molecular complexity index is 1160. The van der Waals surface area contributed by atoms with Crippen LogP contribution in [0.4, 0.5) is 5.13 Å². The third-order valence-electron chi connectivity index (χ3n) is 4.87. The van der Waals surface area contributed by atoms with Crippen molar-refractivity contribution in [2.75, 3.05) is 37.3 Å². The van der Waals surface area contributed by atoms with Gasteiger partial charge in [0.2, 0.25) is 0 Å². The van der Waals surface area contributed by atoms with E-state index in [4.69, 9.17) is 0 Å². The molecule has 0 atom stereocenters. The van der Waals surface area contributed by atoms with E-state index in [-0.39, 0.29) is 16.4 Å². The lowest BCUT2D eigenvalue weighted by Crippen LogP contribution is -2.39. The van der Waals surface area contributed by atoms with Gasteiger partial charge in [-0.1, -0.05) is 53.2 Å². The fourth-order valence-corrected chi connectivity index (χ4v) is 5.60. The molecule has 160 valence electrons. The van der Waals surface area contributed by atoms with Crippen LogP contribution in [0.3, 0.4) is 0 Å². The minimum Gasteiger partial charge on any atom is -0.302 e. The Morgan fingerprint density at radius 1 is 1.10 bits per heavy atom. The second kappa shape index (κ2) is 9.55. The van der Waals surface area contributed by atoms with Crippen LogP contribution >= 0.6 is 27.3 Å². The van der Waals surface area contributed by atoms with Crippen molar-refractivity contribution in [3.63, 3.8) is 0 Å². The second-order valence-corrected chi connectivity index (χ2v) is 10.8. The molecule has 1 aromatic heterocycles. The van der Waals surface area contributed by atoms with Crippen molar-refractivity contribution in [1.82, 2.24) is 9.88 Å². The van der Waals surface area contributed by atoms with Crippen molar-refractivity contribution in [3.8, 4) is 0 Å². The number of aromatic nitrogens is 1. The van der Waals surface area contributed by atoms with Gasteiger partial charge >= 0.3 is 0 Å². The molecule has 9 heteroatoms. The third kappa shape index (κ3) is 5.08. The second-order valence-electron chi connectivity index (χ2n) is 6.86. The number of benzene rings is 2. The lowest BCUT2D eigenvalue weighted by atomic mass is 10.2. The molecule has 2 aromatic carbocycles. The van der Waals surface area contributed by atoms with Crippen LogP contribution in [0.1, 0.15) is 24.2 Å². The van der Waals surface area contributed by atoms with Crippen LogP contribution in [0.5, 0.6) is 0 Å². The number of halogens is 1. The molecule has 0 radical (unpaired) electrons. The third-order valence-corrected chi connectivity index (χ3v) is 7.56. The number of rotatable bonds is 8. The fourth-order valence-electron chi connectivity index (χ4n) is 3.18. The molecule has 30 heavy (non-hydrogen) atoms. The zero-order chi connectivity index (χ0) is 21.9. The Morgan fingerprint density at radius 3 is 2.47 bits per heavy atom. The summed E-state index contributed by atoms with van der Waals surface area (Å²) in [6.07, 6.45) is 1.12. The number of hydrogen-bond acceptors (Lipinski definition) is 6. The molecule has 0 aliphatic rings. The number of carbonyl (C=O) groups excluding carboxylic acids is 1. The van der Waals surface area contributed by atoms with Gasteiger partial charge in [0.1, 0.15) is 0 Å². The summed E-state index contributed by atoms with van der Waals surface area (Å²) < 4.78 is 26.4. The predicted molar refractivity (Wildman–Crippen MR) is 126 cm³/mol. The summed E-state index contributed by atoms with van der Waals surface area (Å²) in [6, 6.07) is 12.1. The fraction of sp³-hybridized carbons (Fsp3) is 0.333. The van der Waals surface area contributed by atoms with Crippen LogP contribution < -0.4 is 4.90 Å². The van der Waals surface area contributed by atoms with E-state index < -0.39 is 9.84 Å². The molecule has 0 spiro atoms. The molecule has 0 bridgehead atoms. The Labute approximate surface area is 189 Å². The molecule has 0 aliphatic heterocycles. The minimum atomic E-state index is -3.55. The summed E-state index contributed by atoms with van der Waals surface area (Å²) in [7, 11) is -3.55. The van der Waals surface area contributed by atoms with E-state index in [0.717, 1.165) is 34.0 Å². The molecule has 0 saturated carbocycles. The zero-order valence-corrected chi connectivity index (χ0v) is 20.3. The summed E-state index contributed by atoms with van der Waals surface area (Å²) in [4.78, 5) is 22.1. The molecule has 0 N–H and O–H groups in total. The molecular formula is C21H24BrN3O3S2. The van der Waals surface area contributed by atoms with E-state index in [2.05, 4.69) is 39.7 Å². The smallest absolute Gasteiger partial charge is 0.261 e. The summed E-state index contributed by atoms with van der Waals surface area (Å²) in [6.45, 7) is 6.96. The number of sulfone groups is 1. The maximum atomic E-state index is 13.5. The van der Waals surface area contributed by atoms with Crippen LogP contribution in [0.25, 0.3) is 10.2 Å². The van der Waals surface area contributed by atoms with Crippen molar-refractivity contribution in [1.29, 1.82) is 0 Å². The number of likely N-dealkylation sites (N-methyl/N-ethyl adjacent to an activating group) is 1. The molecule has 0 aliphatic carbocycles. The average Bonchev–Trinajstić information content (AvgIpc) is 3.13. The van der Waals surface area contributed by atoms with Crippen LogP contribution in [0.15, 0.2) is 51.8 Å². The van der Waals surface area contributed by atoms with Crippen molar-refractivity contribution in [2.24, 2.45) is 0 Å². The Hall–Kier alpha value is -1.81. The van der Waals surface area contributed by atoms with Crippen LogP contribution in [-0.2, 0) is 9.84 Å². The lowest BCUT2D eigenvalue weighted by molar-refractivity contribution is 0.0980. The number of nitrogens with zero attached hydrogens (tertiary/aromatic N) is 3. The highest BCUT2D eigenvalue weighted by Gasteiger charge is 2.26. The van der Waals surface area contributed by atoms with E-state index in [1.807, 2.05) is 18.2 Å². The van der Waals surface area contributed by atoms with Gasteiger partial charge in [0.15, 0.2) is 15.0 Å². The number of amides is 1. The SMILES string of the molecule is CCN(CC)CCN(C(=O)c1ccccc1S(C)(=O)=O)c1nc2ccc(Br)cc2s1. The van der Waals surface area contributed by atoms with Crippen LogP contribution in [-0.4, -0.2) is 56.6 Å². The highest BCUT2D eigenvalue weighted by Crippen LogP contribution is 2.32. The molecule has 0 saturated heterocycles. The zero-order valence-electron chi connectivity index (χ0n) is 17.1. The van der Waals surface area contributed by atoms with E-state index in [1.54, 1.807) is 23.1 Å². The summed E-state index contributed by atoms with van der Waals surface area (Å²) in [5.74, 6) is -0.360. The quantitative estimate of drug-likeness (QED) is 0.448. The van der Waals surface area contributed by atoms with Crippen molar-refractivity contribution < 1.29 is 13.2 Å². The molecule has 0 fully saturated rings. The lowest BCUT2D eigenvalue weighted by Gasteiger charge is -2.25. The normalized spacial score (nSPS) is 11.9.